The van der Waals surface area contributed by atoms with Crippen LogP contribution >= 0.6 is 11.3 Å². The van der Waals surface area contributed by atoms with E-state index in [1.807, 2.05) is 5.38 Å². The van der Waals surface area contributed by atoms with Crippen molar-refractivity contribution in [2.45, 2.75) is 33.1 Å². The molecule has 0 aliphatic carbocycles. The fourth-order valence-electron chi connectivity index (χ4n) is 1.48. The zero-order valence-electron chi connectivity index (χ0n) is 11.5. The van der Waals surface area contributed by atoms with Gasteiger partial charge in [0.15, 0.2) is 5.82 Å². The number of rotatable bonds is 3. The first-order valence-electron chi connectivity index (χ1n) is 6.10. The van der Waals surface area contributed by atoms with Crippen molar-refractivity contribution in [1.29, 1.82) is 0 Å². The monoisotopic (exact) mass is 279 g/mol. The Bertz CT molecular complexity index is 581. The van der Waals surface area contributed by atoms with Crippen LogP contribution < -0.4 is 0 Å². The highest BCUT2D eigenvalue weighted by Crippen LogP contribution is 2.26. The van der Waals surface area contributed by atoms with Gasteiger partial charge in [-0.2, -0.15) is 5.10 Å². The van der Waals surface area contributed by atoms with E-state index in [-0.39, 0.29) is 11.4 Å². The minimum absolute atomic E-state index is 0.0139. The number of ether oxygens (including phenoxy) is 1. The standard InChI is InChI=1S/C13H17N3O2S/c1-5-18-11(17)9-6-14-16(7-9)10-8-19-12(15-10)13(2,3)4/h6-8H,5H2,1-4H3. The second kappa shape index (κ2) is 5.13. The molecule has 2 aromatic heterocycles. The molecule has 0 saturated heterocycles. The van der Waals surface area contributed by atoms with Crippen molar-refractivity contribution in [2.75, 3.05) is 6.61 Å². The molecule has 0 spiro atoms. The third kappa shape index (κ3) is 3.01. The Morgan fingerprint density at radius 2 is 2.21 bits per heavy atom. The third-order valence-corrected chi connectivity index (χ3v) is 3.72. The van der Waals surface area contributed by atoms with E-state index in [9.17, 15) is 4.79 Å². The van der Waals surface area contributed by atoms with E-state index in [4.69, 9.17) is 4.74 Å². The molecule has 0 aromatic carbocycles. The topological polar surface area (TPSA) is 57.0 Å². The Hall–Kier alpha value is -1.69. The summed E-state index contributed by atoms with van der Waals surface area (Å²) in [6, 6.07) is 0. The molecule has 2 aromatic rings. The van der Waals surface area contributed by atoms with Gasteiger partial charge in [0.05, 0.1) is 18.4 Å². The summed E-state index contributed by atoms with van der Waals surface area (Å²) in [5.74, 6) is 0.366. The number of aromatic nitrogens is 3. The lowest BCUT2D eigenvalue weighted by molar-refractivity contribution is 0.0526. The van der Waals surface area contributed by atoms with Gasteiger partial charge in [-0.3, -0.25) is 0 Å². The summed E-state index contributed by atoms with van der Waals surface area (Å²) < 4.78 is 6.52. The van der Waals surface area contributed by atoms with Gasteiger partial charge in [-0.1, -0.05) is 20.8 Å². The highest BCUT2D eigenvalue weighted by Gasteiger charge is 2.19. The molecule has 5 nitrogen and oxygen atoms in total. The molecular weight excluding hydrogens is 262 g/mol. The van der Waals surface area contributed by atoms with Gasteiger partial charge in [0.25, 0.3) is 0 Å². The van der Waals surface area contributed by atoms with E-state index in [1.165, 1.54) is 6.20 Å². The van der Waals surface area contributed by atoms with Crippen LogP contribution in [0, 0.1) is 0 Å². The molecule has 0 bridgehead atoms. The molecule has 0 radical (unpaired) electrons. The molecule has 19 heavy (non-hydrogen) atoms. The lowest BCUT2D eigenvalue weighted by atomic mass is 9.98. The maximum Gasteiger partial charge on any atom is 0.341 e. The maximum atomic E-state index is 11.6. The smallest absolute Gasteiger partial charge is 0.341 e. The molecule has 0 fully saturated rings. The van der Waals surface area contributed by atoms with Gasteiger partial charge in [0.1, 0.15) is 5.01 Å². The van der Waals surface area contributed by atoms with Gasteiger partial charge in [-0.05, 0) is 6.92 Å². The fourth-order valence-corrected chi connectivity index (χ4v) is 2.36. The minimum atomic E-state index is -0.361. The van der Waals surface area contributed by atoms with Crippen LogP contribution in [-0.4, -0.2) is 27.3 Å². The Morgan fingerprint density at radius 1 is 1.47 bits per heavy atom. The lowest BCUT2D eigenvalue weighted by Gasteiger charge is -2.13. The molecule has 0 aliphatic heterocycles. The van der Waals surface area contributed by atoms with Crippen molar-refractivity contribution < 1.29 is 9.53 Å². The van der Waals surface area contributed by atoms with Gasteiger partial charge < -0.3 is 4.74 Å². The molecule has 0 aliphatic rings. The first-order valence-corrected chi connectivity index (χ1v) is 6.98. The number of carbonyl (C=O) groups excluding carboxylic acids is 1. The Labute approximate surface area is 116 Å². The summed E-state index contributed by atoms with van der Waals surface area (Å²) in [6.45, 7) is 8.47. The van der Waals surface area contributed by atoms with E-state index < -0.39 is 0 Å². The molecule has 0 N–H and O–H groups in total. The number of hydrogen-bond donors (Lipinski definition) is 0. The van der Waals surface area contributed by atoms with E-state index in [0.29, 0.717) is 12.2 Å². The zero-order valence-corrected chi connectivity index (χ0v) is 12.3. The van der Waals surface area contributed by atoms with Crippen molar-refractivity contribution in [3.63, 3.8) is 0 Å². The van der Waals surface area contributed by atoms with Crippen LogP contribution in [-0.2, 0) is 10.2 Å². The van der Waals surface area contributed by atoms with Crippen LogP contribution in [0.3, 0.4) is 0 Å². The van der Waals surface area contributed by atoms with E-state index in [2.05, 4.69) is 30.9 Å². The average molecular weight is 279 g/mol. The first-order chi connectivity index (χ1) is 8.91. The molecule has 6 heteroatoms. The van der Waals surface area contributed by atoms with Crippen LogP contribution in [0.1, 0.15) is 43.1 Å². The number of nitrogens with zero attached hydrogens (tertiary/aromatic N) is 3. The SMILES string of the molecule is CCOC(=O)c1cnn(-c2csc(C(C)(C)C)n2)c1. The summed E-state index contributed by atoms with van der Waals surface area (Å²) in [5, 5.41) is 7.12. The predicted octanol–water partition coefficient (Wildman–Crippen LogP) is 2.80. The van der Waals surface area contributed by atoms with E-state index in [0.717, 1.165) is 10.8 Å². The Kier molecular flexibility index (Phi) is 3.71. The normalized spacial score (nSPS) is 11.6. The number of hydrogen-bond acceptors (Lipinski definition) is 5. The van der Waals surface area contributed by atoms with Crippen molar-refractivity contribution in [3.05, 3.63) is 28.3 Å². The van der Waals surface area contributed by atoms with Gasteiger partial charge in [0, 0.05) is 17.0 Å². The van der Waals surface area contributed by atoms with Gasteiger partial charge in [-0.15, -0.1) is 11.3 Å². The van der Waals surface area contributed by atoms with Gasteiger partial charge in [0.2, 0.25) is 0 Å². The molecule has 0 amide bonds. The van der Waals surface area contributed by atoms with E-state index in [1.54, 1.807) is 29.1 Å². The van der Waals surface area contributed by atoms with Crippen molar-refractivity contribution >= 4 is 17.3 Å². The fraction of sp³-hybridized carbons (Fsp3) is 0.462. The van der Waals surface area contributed by atoms with Crippen LogP contribution in [0.5, 0.6) is 0 Å². The summed E-state index contributed by atoms with van der Waals surface area (Å²) >= 11 is 1.59. The minimum Gasteiger partial charge on any atom is -0.462 e. The van der Waals surface area contributed by atoms with Gasteiger partial charge in [-0.25, -0.2) is 14.5 Å². The second-order valence-corrected chi connectivity index (χ2v) is 6.01. The molecule has 0 saturated carbocycles. The Balaban J connectivity index is 2.23. The average Bonchev–Trinajstić information content (AvgIpc) is 2.97. The number of thiazole rings is 1. The van der Waals surface area contributed by atoms with Crippen molar-refractivity contribution in [1.82, 2.24) is 14.8 Å². The van der Waals surface area contributed by atoms with Crippen LogP contribution in [0.25, 0.3) is 5.82 Å². The summed E-state index contributed by atoms with van der Waals surface area (Å²) in [6.07, 6.45) is 3.13. The molecule has 102 valence electrons. The molecule has 2 rings (SSSR count). The first kappa shape index (κ1) is 13.7. The van der Waals surface area contributed by atoms with Crippen LogP contribution in [0.2, 0.25) is 0 Å². The molecular formula is C13H17N3O2S. The van der Waals surface area contributed by atoms with Crippen LogP contribution in [0.4, 0.5) is 0 Å². The van der Waals surface area contributed by atoms with Crippen LogP contribution in [0.15, 0.2) is 17.8 Å². The Morgan fingerprint density at radius 3 is 2.79 bits per heavy atom. The summed E-state index contributed by atoms with van der Waals surface area (Å²) in [7, 11) is 0. The number of carbonyl (C=O) groups is 1. The zero-order chi connectivity index (χ0) is 14.0. The highest BCUT2D eigenvalue weighted by atomic mass is 32.1. The second-order valence-electron chi connectivity index (χ2n) is 5.15. The quantitative estimate of drug-likeness (QED) is 0.811. The van der Waals surface area contributed by atoms with Gasteiger partial charge >= 0.3 is 5.97 Å². The third-order valence-electron chi connectivity index (χ3n) is 2.46. The molecule has 2 heterocycles. The summed E-state index contributed by atoms with van der Waals surface area (Å²) in [5.41, 5.74) is 0.451. The van der Waals surface area contributed by atoms with Crippen molar-refractivity contribution in [2.24, 2.45) is 0 Å². The largest absolute Gasteiger partial charge is 0.462 e. The molecule has 0 atom stereocenters. The predicted molar refractivity (Wildman–Crippen MR) is 73.9 cm³/mol. The number of esters is 1. The van der Waals surface area contributed by atoms with Crippen molar-refractivity contribution in [3.8, 4) is 5.82 Å². The summed E-state index contributed by atoms with van der Waals surface area (Å²) in [4.78, 5) is 16.1. The lowest BCUT2D eigenvalue weighted by Crippen LogP contribution is -2.10. The molecule has 0 unspecified atom stereocenters. The highest BCUT2D eigenvalue weighted by molar-refractivity contribution is 7.10. The van der Waals surface area contributed by atoms with E-state index >= 15 is 0 Å². The maximum absolute atomic E-state index is 11.6.